The Morgan fingerprint density at radius 2 is 1.43 bits per heavy atom. The number of aliphatic hydroxyl groups is 1. The van der Waals surface area contributed by atoms with Gasteiger partial charge in [-0.2, -0.15) is 0 Å². The summed E-state index contributed by atoms with van der Waals surface area (Å²) < 4.78 is 32.8. The Labute approximate surface area is 153 Å². The van der Waals surface area contributed by atoms with Crippen molar-refractivity contribution < 1.29 is 47.6 Å². The predicted octanol–water partition coefficient (Wildman–Crippen LogP) is 0.596. The molecule has 21 heavy (non-hydrogen) atoms. The minimum atomic E-state index is -4.27. The van der Waals surface area contributed by atoms with Crippen molar-refractivity contribution in [3.8, 4) is 0 Å². The number of rotatable bonds is 13. The first-order valence-electron chi connectivity index (χ1n) is 8.04. The van der Waals surface area contributed by atoms with Crippen LogP contribution in [0.1, 0.15) is 84.5 Å². The van der Waals surface area contributed by atoms with Gasteiger partial charge in [-0.05, 0) is 19.3 Å². The summed E-state index contributed by atoms with van der Waals surface area (Å²) in [5.74, 6) is 0. The number of aliphatic hydroxyl groups excluding tert-OH is 1. The first-order chi connectivity index (χ1) is 9.41. The maximum atomic E-state index is 10.9. The molecular weight excluding hydrogens is 299 g/mol. The molecule has 122 valence electrons. The molecule has 0 saturated heterocycles. The van der Waals surface area contributed by atoms with E-state index < -0.39 is 21.5 Å². The van der Waals surface area contributed by atoms with Gasteiger partial charge in [-0.3, -0.25) is 0 Å². The molecule has 0 heterocycles. The van der Waals surface area contributed by atoms with Gasteiger partial charge in [0.05, 0.1) is 21.5 Å². The number of hydrogen-bond donors (Lipinski definition) is 1. The Hall–Kier alpha value is 0.870. The molecule has 0 radical (unpaired) electrons. The van der Waals surface area contributed by atoms with Gasteiger partial charge in [-0.15, -0.1) is 0 Å². The van der Waals surface area contributed by atoms with Gasteiger partial charge in [0.2, 0.25) is 0 Å². The maximum Gasteiger partial charge on any atom is 1.00 e. The van der Waals surface area contributed by atoms with E-state index in [2.05, 4.69) is 6.92 Å². The average molecular weight is 330 g/mol. The van der Waals surface area contributed by atoms with Crippen LogP contribution in [0.25, 0.3) is 0 Å². The van der Waals surface area contributed by atoms with Gasteiger partial charge in [0.15, 0.2) is 0 Å². The van der Waals surface area contributed by atoms with Crippen molar-refractivity contribution in [1.29, 1.82) is 0 Å². The van der Waals surface area contributed by atoms with Gasteiger partial charge in [-0.1, -0.05) is 65.2 Å². The summed E-state index contributed by atoms with van der Waals surface area (Å²) in [5.41, 5.74) is 0. The minimum absolute atomic E-state index is 0. The fraction of sp³-hybridized carbons (Fsp3) is 1.00. The van der Waals surface area contributed by atoms with Crippen molar-refractivity contribution in [3.63, 3.8) is 0 Å². The molecule has 0 rings (SSSR count). The molecule has 0 bridgehead atoms. The smallest absolute Gasteiger partial charge is 0.748 e. The van der Waals surface area contributed by atoms with Crippen molar-refractivity contribution >= 4 is 10.1 Å². The summed E-state index contributed by atoms with van der Waals surface area (Å²) in [6, 6.07) is 0. The van der Waals surface area contributed by atoms with Crippen LogP contribution in [0.15, 0.2) is 0 Å². The SMILES string of the molecule is CCCCCCCCCCC(O)CC(CC)S(=O)(=O)[O-].[Na+]. The summed E-state index contributed by atoms with van der Waals surface area (Å²) in [6.45, 7) is 3.87. The van der Waals surface area contributed by atoms with Crippen molar-refractivity contribution in [2.24, 2.45) is 0 Å². The summed E-state index contributed by atoms with van der Waals surface area (Å²) >= 11 is 0. The first kappa shape index (κ1) is 24.1. The van der Waals surface area contributed by atoms with E-state index in [1.807, 2.05) is 0 Å². The monoisotopic (exact) mass is 330 g/mol. The second kappa shape index (κ2) is 14.5. The van der Waals surface area contributed by atoms with Gasteiger partial charge >= 0.3 is 29.6 Å². The standard InChI is InChI=1S/C15H32O4S.Na/c1-3-5-6-7-8-9-10-11-12-14(16)13-15(4-2)20(17,18)19;/h14-16H,3-13H2,1-2H3,(H,17,18,19);/q;+1/p-1. The average Bonchev–Trinajstić information content (AvgIpc) is 2.37. The largest absolute Gasteiger partial charge is 1.00 e. The van der Waals surface area contributed by atoms with Gasteiger partial charge in [0.1, 0.15) is 0 Å². The van der Waals surface area contributed by atoms with Gasteiger partial charge in [0.25, 0.3) is 0 Å². The van der Waals surface area contributed by atoms with Gasteiger partial charge < -0.3 is 9.66 Å². The molecule has 4 nitrogen and oxygen atoms in total. The predicted molar refractivity (Wildman–Crippen MR) is 81.6 cm³/mol. The van der Waals surface area contributed by atoms with Crippen molar-refractivity contribution in [2.75, 3.05) is 0 Å². The van der Waals surface area contributed by atoms with Crippen molar-refractivity contribution in [1.82, 2.24) is 0 Å². The molecule has 2 atom stereocenters. The molecule has 0 aromatic carbocycles. The molecule has 0 spiro atoms. The van der Waals surface area contributed by atoms with Gasteiger partial charge in [0, 0.05) is 0 Å². The van der Waals surface area contributed by atoms with Crippen molar-refractivity contribution in [2.45, 2.75) is 95.8 Å². The second-order valence-electron chi connectivity index (χ2n) is 5.68. The van der Waals surface area contributed by atoms with E-state index in [1.54, 1.807) is 6.92 Å². The third-order valence-corrected chi connectivity index (χ3v) is 5.13. The Morgan fingerprint density at radius 1 is 0.952 bits per heavy atom. The molecule has 0 fully saturated rings. The van der Waals surface area contributed by atoms with E-state index >= 15 is 0 Å². The van der Waals surface area contributed by atoms with Crippen LogP contribution in [-0.2, 0) is 10.1 Å². The zero-order chi connectivity index (χ0) is 15.4. The molecule has 0 aromatic heterocycles. The Kier molecular flexibility index (Phi) is 16.6. The van der Waals surface area contributed by atoms with Crippen LogP contribution >= 0.6 is 0 Å². The van der Waals surface area contributed by atoms with Crippen molar-refractivity contribution in [3.05, 3.63) is 0 Å². The molecule has 0 aromatic rings. The van der Waals surface area contributed by atoms with Gasteiger partial charge in [-0.25, -0.2) is 8.42 Å². The van der Waals surface area contributed by atoms with E-state index in [-0.39, 0.29) is 42.4 Å². The van der Waals surface area contributed by atoms with E-state index in [1.165, 1.54) is 38.5 Å². The molecule has 0 aliphatic heterocycles. The quantitative estimate of drug-likeness (QED) is 0.305. The molecule has 0 aliphatic rings. The summed E-state index contributed by atoms with van der Waals surface area (Å²) in [7, 11) is -4.27. The van der Waals surface area contributed by atoms with E-state index in [0.29, 0.717) is 6.42 Å². The Balaban J connectivity index is 0. The third kappa shape index (κ3) is 14.2. The van der Waals surface area contributed by atoms with Crippen LogP contribution in [0, 0.1) is 0 Å². The first-order valence-corrected chi connectivity index (χ1v) is 9.51. The van der Waals surface area contributed by atoms with E-state index in [9.17, 15) is 18.1 Å². The van der Waals surface area contributed by atoms with Crippen LogP contribution in [0.4, 0.5) is 0 Å². The van der Waals surface area contributed by atoms with E-state index in [4.69, 9.17) is 0 Å². The Bertz CT molecular complexity index is 320. The molecule has 0 saturated carbocycles. The molecule has 1 N–H and O–H groups in total. The summed E-state index contributed by atoms with van der Waals surface area (Å²) in [5, 5.41) is 8.84. The maximum absolute atomic E-state index is 10.9. The molecule has 6 heteroatoms. The molecule has 2 unspecified atom stereocenters. The van der Waals surface area contributed by atoms with Crippen LogP contribution < -0.4 is 29.6 Å². The van der Waals surface area contributed by atoms with Crippen LogP contribution in [0.3, 0.4) is 0 Å². The Morgan fingerprint density at radius 3 is 1.86 bits per heavy atom. The molecular formula is C15H31NaO4S. The summed E-state index contributed by atoms with van der Waals surface area (Å²) in [6.07, 6.45) is 9.84. The zero-order valence-corrected chi connectivity index (χ0v) is 16.8. The van der Waals surface area contributed by atoms with Crippen LogP contribution in [0.5, 0.6) is 0 Å². The van der Waals surface area contributed by atoms with Crippen LogP contribution in [0.2, 0.25) is 0 Å². The van der Waals surface area contributed by atoms with Crippen LogP contribution in [-0.4, -0.2) is 29.4 Å². The molecule has 0 aliphatic carbocycles. The zero-order valence-electron chi connectivity index (χ0n) is 14.0. The summed E-state index contributed by atoms with van der Waals surface area (Å²) in [4.78, 5) is 0. The normalized spacial score (nSPS) is 14.5. The third-order valence-electron chi connectivity index (χ3n) is 3.79. The second-order valence-corrected chi connectivity index (χ2v) is 7.33. The minimum Gasteiger partial charge on any atom is -0.748 e. The fourth-order valence-electron chi connectivity index (χ4n) is 2.42. The number of unbranched alkanes of at least 4 members (excludes halogenated alkanes) is 7. The topological polar surface area (TPSA) is 77.4 Å². The number of hydrogen-bond acceptors (Lipinski definition) is 4. The van der Waals surface area contributed by atoms with E-state index in [0.717, 1.165) is 12.8 Å². The molecule has 0 amide bonds. The fourth-order valence-corrected chi connectivity index (χ4v) is 3.29.